The lowest BCUT2D eigenvalue weighted by Crippen LogP contribution is -2.27. The van der Waals surface area contributed by atoms with Gasteiger partial charge in [-0.1, -0.05) is 22.0 Å². The summed E-state index contributed by atoms with van der Waals surface area (Å²) in [5.74, 6) is -0.727. The minimum Gasteiger partial charge on any atom is -0.348 e. The zero-order valence-electron chi connectivity index (χ0n) is 13.4. The Labute approximate surface area is 154 Å². The van der Waals surface area contributed by atoms with Crippen LogP contribution in [0.1, 0.15) is 21.5 Å². The first-order chi connectivity index (χ1) is 11.8. The summed E-state index contributed by atoms with van der Waals surface area (Å²) >= 11 is 3.19. The van der Waals surface area contributed by atoms with E-state index in [0.717, 1.165) is 11.8 Å². The summed E-state index contributed by atoms with van der Waals surface area (Å²) in [4.78, 5) is 12.3. The number of sulfonamides is 1. The minimum absolute atomic E-state index is 0.0739. The largest absolute Gasteiger partial charge is 0.348 e. The molecular weight excluding hydrogens is 411 g/mol. The number of halogens is 2. The second kappa shape index (κ2) is 6.76. The molecule has 0 radical (unpaired) electrons. The number of carbonyl (C=O) groups excluding carboxylic acids is 1. The average Bonchev–Trinajstić information content (AvgIpc) is 2.97. The third-order valence-corrected chi connectivity index (χ3v) is 5.72. The van der Waals surface area contributed by atoms with Gasteiger partial charge in [-0.05, 0) is 42.3 Å². The first-order valence-electron chi connectivity index (χ1n) is 7.58. The number of hydrogen-bond donors (Lipinski definition) is 1. The van der Waals surface area contributed by atoms with Crippen molar-refractivity contribution in [3.8, 4) is 0 Å². The molecular formula is C17H16BrFN2O3S. The van der Waals surface area contributed by atoms with E-state index in [1.54, 1.807) is 30.3 Å². The van der Waals surface area contributed by atoms with Gasteiger partial charge in [0, 0.05) is 28.7 Å². The van der Waals surface area contributed by atoms with Crippen molar-refractivity contribution < 1.29 is 17.6 Å². The predicted octanol–water partition coefficient (Wildman–Crippen LogP) is 2.84. The molecule has 2 aromatic carbocycles. The molecule has 1 aliphatic heterocycles. The molecule has 1 amide bonds. The molecule has 0 spiro atoms. The van der Waals surface area contributed by atoms with Crippen molar-refractivity contribution in [2.75, 3.05) is 17.1 Å². The molecule has 1 N–H and O–H groups in total. The van der Waals surface area contributed by atoms with Crippen molar-refractivity contribution in [3.63, 3.8) is 0 Å². The van der Waals surface area contributed by atoms with Gasteiger partial charge in [0.05, 0.1) is 11.9 Å². The second-order valence-corrected chi connectivity index (χ2v) is 8.67. The smallest absolute Gasteiger partial charge is 0.251 e. The SMILES string of the molecule is CS(=O)(=O)N1CCc2cc(C(=O)NCc3ccc(Br)cc3F)ccc21. The van der Waals surface area contributed by atoms with Crippen LogP contribution in [0.4, 0.5) is 10.1 Å². The van der Waals surface area contributed by atoms with Gasteiger partial charge in [-0.3, -0.25) is 9.10 Å². The fraction of sp³-hybridized carbons (Fsp3) is 0.235. The van der Waals surface area contributed by atoms with E-state index in [9.17, 15) is 17.6 Å². The van der Waals surface area contributed by atoms with Crippen LogP contribution in [0.5, 0.6) is 0 Å². The minimum atomic E-state index is -3.32. The Balaban J connectivity index is 1.74. The van der Waals surface area contributed by atoms with E-state index in [1.165, 1.54) is 10.4 Å². The quantitative estimate of drug-likeness (QED) is 0.816. The zero-order valence-corrected chi connectivity index (χ0v) is 15.8. The van der Waals surface area contributed by atoms with Crippen molar-refractivity contribution in [1.29, 1.82) is 0 Å². The summed E-state index contributed by atoms with van der Waals surface area (Å²) < 4.78 is 39.2. The van der Waals surface area contributed by atoms with Gasteiger partial charge >= 0.3 is 0 Å². The highest BCUT2D eigenvalue weighted by molar-refractivity contribution is 9.10. The van der Waals surface area contributed by atoms with Gasteiger partial charge in [-0.2, -0.15) is 0 Å². The van der Waals surface area contributed by atoms with Crippen LogP contribution >= 0.6 is 15.9 Å². The van der Waals surface area contributed by atoms with Gasteiger partial charge < -0.3 is 5.32 Å². The Morgan fingerprint density at radius 1 is 1.28 bits per heavy atom. The summed E-state index contributed by atoms with van der Waals surface area (Å²) in [6.45, 7) is 0.452. The van der Waals surface area contributed by atoms with E-state index in [1.807, 2.05) is 0 Å². The molecule has 0 fully saturated rings. The third kappa shape index (κ3) is 3.85. The van der Waals surface area contributed by atoms with Crippen LogP contribution in [0, 0.1) is 5.82 Å². The lowest BCUT2D eigenvalue weighted by atomic mass is 10.1. The standard InChI is InChI=1S/C17H16BrFN2O3S/c1-25(23,24)21-7-6-11-8-12(3-5-16(11)21)17(22)20-10-13-2-4-14(18)9-15(13)19/h2-5,8-9H,6-7,10H2,1H3,(H,20,22). The molecule has 25 heavy (non-hydrogen) atoms. The highest BCUT2D eigenvalue weighted by Gasteiger charge is 2.26. The van der Waals surface area contributed by atoms with E-state index < -0.39 is 15.8 Å². The van der Waals surface area contributed by atoms with Gasteiger partial charge in [0.1, 0.15) is 5.82 Å². The van der Waals surface area contributed by atoms with Crippen LogP contribution in [0.15, 0.2) is 40.9 Å². The maximum Gasteiger partial charge on any atom is 0.251 e. The number of nitrogens with one attached hydrogen (secondary N) is 1. The molecule has 1 aliphatic rings. The molecule has 0 atom stereocenters. The van der Waals surface area contributed by atoms with Crippen molar-refractivity contribution >= 4 is 37.5 Å². The molecule has 0 unspecified atom stereocenters. The highest BCUT2D eigenvalue weighted by atomic mass is 79.9. The molecule has 2 aromatic rings. The van der Waals surface area contributed by atoms with Crippen LogP contribution in [-0.2, 0) is 23.0 Å². The molecule has 0 bridgehead atoms. The zero-order chi connectivity index (χ0) is 18.2. The first-order valence-corrected chi connectivity index (χ1v) is 10.2. The van der Waals surface area contributed by atoms with Gasteiger partial charge in [-0.15, -0.1) is 0 Å². The lowest BCUT2D eigenvalue weighted by Gasteiger charge is -2.16. The lowest BCUT2D eigenvalue weighted by molar-refractivity contribution is 0.0950. The van der Waals surface area contributed by atoms with Gasteiger partial charge in [0.25, 0.3) is 5.91 Å². The molecule has 8 heteroatoms. The van der Waals surface area contributed by atoms with Crippen LogP contribution in [0.2, 0.25) is 0 Å². The van der Waals surface area contributed by atoms with Crippen molar-refractivity contribution in [2.45, 2.75) is 13.0 Å². The number of benzene rings is 2. The Morgan fingerprint density at radius 3 is 2.72 bits per heavy atom. The molecule has 0 saturated carbocycles. The Kier molecular flexibility index (Phi) is 4.83. The number of anilines is 1. The third-order valence-electron chi connectivity index (χ3n) is 4.05. The molecule has 0 aliphatic carbocycles. The molecule has 132 valence electrons. The number of amides is 1. The number of rotatable bonds is 4. The van der Waals surface area contributed by atoms with Crippen molar-refractivity contribution in [1.82, 2.24) is 5.32 Å². The van der Waals surface area contributed by atoms with E-state index >= 15 is 0 Å². The molecule has 0 aromatic heterocycles. The second-order valence-electron chi connectivity index (χ2n) is 5.85. The van der Waals surface area contributed by atoms with Crippen LogP contribution in [0.3, 0.4) is 0 Å². The number of nitrogens with zero attached hydrogens (tertiary/aromatic N) is 1. The summed E-state index contributed by atoms with van der Waals surface area (Å²) in [6, 6.07) is 9.56. The van der Waals surface area contributed by atoms with Crippen LogP contribution in [0.25, 0.3) is 0 Å². The topological polar surface area (TPSA) is 66.5 Å². The number of fused-ring (bicyclic) bond motifs is 1. The Morgan fingerprint density at radius 2 is 2.04 bits per heavy atom. The van der Waals surface area contributed by atoms with Crippen LogP contribution in [-0.4, -0.2) is 27.1 Å². The highest BCUT2D eigenvalue weighted by Crippen LogP contribution is 2.30. The van der Waals surface area contributed by atoms with Crippen LogP contribution < -0.4 is 9.62 Å². The first kappa shape index (κ1) is 17.9. The fourth-order valence-electron chi connectivity index (χ4n) is 2.80. The molecule has 0 saturated heterocycles. The van der Waals surface area contributed by atoms with E-state index in [4.69, 9.17) is 0 Å². The van der Waals surface area contributed by atoms with Gasteiger partial charge in [0.15, 0.2) is 0 Å². The fourth-order valence-corrected chi connectivity index (χ4v) is 4.09. The normalized spacial score (nSPS) is 13.6. The summed E-state index contributed by atoms with van der Waals surface area (Å²) in [7, 11) is -3.32. The monoisotopic (exact) mass is 426 g/mol. The average molecular weight is 427 g/mol. The van der Waals surface area contributed by atoms with Gasteiger partial charge in [0.2, 0.25) is 10.0 Å². The number of carbonyl (C=O) groups is 1. The Bertz CT molecular complexity index is 947. The van der Waals surface area contributed by atoms with Crippen molar-refractivity contribution in [2.24, 2.45) is 0 Å². The summed E-state index contributed by atoms with van der Waals surface area (Å²) in [5, 5.41) is 2.68. The summed E-state index contributed by atoms with van der Waals surface area (Å²) in [5.41, 5.74) is 2.23. The van der Waals surface area contributed by atoms with Gasteiger partial charge in [-0.25, -0.2) is 12.8 Å². The van der Waals surface area contributed by atoms with E-state index in [0.29, 0.717) is 34.3 Å². The van der Waals surface area contributed by atoms with E-state index in [2.05, 4.69) is 21.2 Å². The maximum atomic E-state index is 13.8. The van der Waals surface area contributed by atoms with E-state index in [-0.39, 0.29) is 12.5 Å². The molecule has 5 nitrogen and oxygen atoms in total. The summed E-state index contributed by atoms with van der Waals surface area (Å²) in [6.07, 6.45) is 1.72. The molecule has 3 rings (SSSR count). The number of hydrogen-bond acceptors (Lipinski definition) is 3. The maximum absolute atomic E-state index is 13.8. The van der Waals surface area contributed by atoms with Crippen molar-refractivity contribution in [3.05, 3.63) is 63.4 Å². The molecule has 1 heterocycles. The predicted molar refractivity (Wildman–Crippen MR) is 97.6 cm³/mol. The Hall–Kier alpha value is -1.93.